The van der Waals surface area contributed by atoms with E-state index in [2.05, 4.69) is 5.32 Å². The Hall–Kier alpha value is -2.61. The van der Waals surface area contributed by atoms with Crippen LogP contribution in [-0.4, -0.2) is 48.0 Å². The standard InChI is InChI=1S/C23H28ClNO6/c1-2-13-25-14-18(26)15-30-20-6-4-3-5-19(20)21(31-23(29)22(27)28)12-9-16-7-10-17(24)11-8-16/h3-8,10-11,18,21,25-26H,2,9,12-15H2,1H3,(H,27,28). The van der Waals surface area contributed by atoms with Crippen molar-refractivity contribution in [2.24, 2.45) is 0 Å². The lowest BCUT2D eigenvalue weighted by atomic mass is 10.00. The third kappa shape index (κ3) is 8.57. The Morgan fingerprint density at radius 2 is 1.84 bits per heavy atom. The van der Waals surface area contributed by atoms with Crippen LogP contribution < -0.4 is 10.1 Å². The lowest BCUT2D eigenvalue weighted by Gasteiger charge is -2.21. The van der Waals surface area contributed by atoms with Gasteiger partial charge in [-0.25, -0.2) is 9.59 Å². The fourth-order valence-electron chi connectivity index (χ4n) is 2.97. The van der Waals surface area contributed by atoms with Crippen LogP contribution in [0.15, 0.2) is 48.5 Å². The predicted molar refractivity (Wildman–Crippen MR) is 117 cm³/mol. The second-order valence-electron chi connectivity index (χ2n) is 7.07. The molecule has 0 aliphatic rings. The van der Waals surface area contributed by atoms with E-state index < -0.39 is 24.1 Å². The van der Waals surface area contributed by atoms with Crippen LogP contribution in [0.1, 0.15) is 37.0 Å². The predicted octanol–water partition coefficient (Wildman–Crippen LogP) is 3.38. The maximum atomic E-state index is 11.8. The van der Waals surface area contributed by atoms with E-state index in [-0.39, 0.29) is 6.61 Å². The molecule has 0 aliphatic carbocycles. The van der Waals surface area contributed by atoms with Gasteiger partial charge in [0.1, 0.15) is 24.6 Å². The first-order chi connectivity index (χ1) is 14.9. The lowest BCUT2D eigenvalue weighted by Crippen LogP contribution is -2.32. The van der Waals surface area contributed by atoms with Crippen molar-refractivity contribution in [3.05, 3.63) is 64.7 Å². The van der Waals surface area contributed by atoms with Crippen LogP contribution in [0, 0.1) is 0 Å². The van der Waals surface area contributed by atoms with Crippen molar-refractivity contribution in [1.29, 1.82) is 0 Å². The maximum absolute atomic E-state index is 11.8. The number of aliphatic hydroxyl groups excluding tert-OH is 1. The summed E-state index contributed by atoms with van der Waals surface area (Å²) in [6.45, 7) is 3.27. The number of esters is 1. The fourth-order valence-corrected chi connectivity index (χ4v) is 3.10. The SMILES string of the molecule is CCCNCC(O)COc1ccccc1C(CCc1ccc(Cl)cc1)OC(=O)C(=O)O. The highest BCUT2D eigenvalue weighted by Crippen LogP contribution is 2.31. The Kier molecular flexibility index (Phi) is 10.3. The zero-order valence-corrected chi connectivity index (χ0v) is 18.2. The normalized spacial score (nSPS) is 12.7. The molecule has 3 N–H and O–H groups in total. The molecule has 31 heavy (non-hydrogen) atoms. The van der Waals surface area contributed by atoms with E-state index in [0.29, 0.717) is 35.7 Å². The van der Waals surface area contributed by atoms with Crippen molar-refractivity contribution in [2.45, 2.75) is 38.4 Å². The molecule has 2 rings (SSSR count). The number of aliphatic hydroxyl groups is 1. The second kappa shape index (κ2) is 12.9. The molecule has 0 aromatic heterocycles. The van der Waals surface area contributed by atoms with Gasteiger partial charge in [0.2, 0.25) is 0 Å². The number of rotatable bonds is 12. The molecule has 2 atom stereocenters. The molecule has 0 spiro atoms. The summed E-state index contributed by atoms with van der Waals surface area (Å²) in [7, 11) is 0. The Labute approximate surface area is 186 Å². The molecule has 0 bridgehead atoms. The van der Waals surface area contributed by atoms with Crippen molar-refractivity contribution in [3.8, 4) is 5.75 Å². The van der Waals surface area contributed by atoms with E-state index in [4.69, 9.17) is 26.2 Å². The molecule has 0 heterocycles. The Balaban J connectivity index is 2.13. The molecular weight excluding hydrogens is 422 g/mol. The average molecular weight is 450 g/mol. The number of carbonyl (C=O) groups is 2. The zero-order chi connectivity index (χ0) is 22.6. The van der Waals surface area contributed by atoms with Crippen LogP contribution in [0.4, 0.5) is 0 Å². The highest BCUT2D eigenvalue weighted by Gasteiger charge is 2.24. The Morgan fingerprint density at radius 1 is 1.13 bits per heavy atom. The molecule has 168 valence electrons. The van der Waals surface area contributed by atoms with E-state index >= 15 is 0 Å². The molecule has 0 aliphatic heterocycles. The van der Waals surface area contributed by atoms with Gasteiger partial charge in [-0.15, -0.1) is 0 Å². The van der Waals surface area contributed by atoms with Crippen LogP contribution >= 0.6 is 11.6 Å². The van der Waals surface area contributed by atoms with Gasteiger partial charge in [-0.1, -0.05) is 48.9 Å². The molecule has 0 radical (unpaired) electrons. The van der Waals surface area contributed by atoms with Crippen LogP contribution in [0.25, 0.3) is 0 Å². The number of aryl methyl sites for hydroxylation is 1. The average Bonchev–Trinajstić information content (AvgIpc) is 2.76. The van der Waals surface area contributed by atoms with Gasteiger partial charge in [0.25, 0.3) is 0 Å². The number of halogens is 1. The summed E-state index contributed by atoms with van der Waals surface area (Å²) in [5, 5.41) is 22.8. The van der Waals surface area contributed by atoms with Gasteiger partial charge in [-0.05, 0) is 49.6 Å². The number of hydrogen-bond acceptors (Lipinski definition) is 6. The van der Waals surface area contributed by atoms with Gasteiger partial charge in [0.15, 0.2) is 0 Å². The number of ether oxygens (including phenoxy) is 2. The number of carboxylic acid groups (broad SMARTS) is 1. The van der Waals surface area contributed by atoms with Crippen LogP contribution in [0.2, 0.25) is 5.02 Å². The fraction of sp³-hybridized carbons (Fsp3) is 0.391. The van der Waals surface area contributed by atoms with Gasteiger partial charge in [0, 0.05) is 17.1 Å². The maximum Gasteiger partial charge on any atom is 0.417 e. The first-order valence-corrected chi connectivity index (χ1v) is 10.6. The van der Waals surface area contributed by atoms with Gasteiger partial charge >= 0.3 is 11.9 Å². The molecule has 2 aromatic carbocycles. The molecule has 0 saturated carbocycles. The number of para-hydroxylation sites is 1. The lowest BCUT2D eigenvalue weighted by molar-refractivity contribution is -0.168. The van der Waals surface area contributed by atoms with Crippen LogP contribution in [-0.2, 0) is 20.7 Å². The molecule has 7 nitrogen and oxygen atoms in total. The monoisotopic (exact) mass is 449 g/mol. The topological polar surface area (TPSA) is 105 Å². The summed E-state index contributed by atoms with van der Waals surface area (Å²) in [6.07, 6.45) is 0.300. The highest BCUT2D eigenvalue weighted by atomic mass is 35.5. The third-order valence-corrected chi connectivity index (χ3v) is 4.79. The van der Waals surface area contributed by atoms with Gasteiger partial charge in [-0.2, -0.15) is 0 Å². The van der Waals surface area contributed by atoms with Crippen molar-refractivity contribution in [1.82, 2.24) is 5.32 Å². The summed E-state index contributed by atoms with van der Waals surface area (Å²) in [5.74, 6) is -2.57. The largest absolute Gasteiger partial charge is 0.490 e. The molecule has 0 amide bonds. The van der Waals surface area contributed by atoms with E-state index in [1.165, 1.54) is 0 Å². The number of carbonyl (C=O) groups excluding carboxylic acids is 1. The number of carboxylic acids is 1. The number of nitrogens with one attached hydrogen (secondary N) is 1. The quantitative estimate of drug-likeness (QED) is 0.259. The molecule has 2 unspecified atom stereocenters. The minimum Gasteiger partial charge on any atom is -0.490 e. The minimum absolute atomic E-state index is 0.0461. The smallest absolute Gasteiger partial charge is 0.417 e. The molecule has 8 heteroatoms. The third-order valence-electron chi connectivity index (χ3n) is 4.54. The van der Waals surface area contributed by atoms with E-state index in [9.17, 15) is 14.7 Å². The Morgan fingerprint density at radius 3 is 2.52 bits per heavy atom. The van der Waals surface area contributed by atoms with Crippen molar-refractivity contribution in [2.75, 3.05) is 19.7 Å². The van der Waals surface area contributed by atoms with Gasteiger partial charge < -0.3 is 25.0 Å². The first kappa shape index (κ1) is 24.7. The summed E-state index contributed by atoms with van der Waals surface area (Å²) >= 11 is 5.92. The van der Waals surface area contributed by atoms with Crippen LogP contribution in [0.5, 0.6) is 5.75 Å². The summed E-state index contributed by atoms with van der Waals surface area (Å²) in [5.41, 5.74) is 1.51. The number of benzene rings is 2. The number of aliphatic carboxylic acids is 1. The van der Waals surface area contributed by atoms with E-state index in [0.717, 1.165) is 18.5 Å². The number of hydrogen-bond donors (Lipinski definition) is 3. The summed E-state index contributed by atoms with van der Waals surface area (Å²) < 4.78 is 11.0. The first-order valence-electron chi connectivity index (χ1n) is 10.2. The van der Waals surface area contributed by atoms with E-state index in [1.54, 1.807) is 36.4 Å². The van der Waals surface area contributed by atoms with Gasteiger partial charge in [-0.3, -0.25) is 0 Å². The van der Waals surface area contributed by atoms with E-state index in [1.807, 2.05) is 19.1 Å². The zero-order valence-electron chi connectivity index (χ0n) is 17.4. The van der Waals surface area contributed by atoms with Crippen LogP contribution in [0.3, 0.4) is 0 Å². The van der Waals surface area contributed by atoms with Crippen molar-refractivity contribution in [3.63, 3.8) is 0 Å². The van der Waals surface area contributed by atoms with Crippen molar-refractivity contribution < 1.29 is 29.3 Å². The summed E-state index contributed by atoms with van der Waals surface area (Å²) in [4.78, 5) is 22.8. The van der Waals surface area contributed by atoms with Crippen molar-refractivity contribution >= 4 is 23.5 Å². The minimum atomic E-state index is -1.66. The summed E-state index contributed by atoms with van der Waals surface area (Å²) in [6, 6.07) is 14.2. The Bertz CT molecular complexity index is 842. The highest BCUT2D eigenvalue weighted by molar-refractivity contribution is 6.30. The molecule has 2 aromatic rings. The van der Waals surface area contributed by atoms with Gasteiger partial charge in [0.05, 0.1) is 0 Å². The molecular formula is C23H28ClNO6. The second-order valence-corrected chi connectivity index (χ2v) is 7.51. The molecule has 0 saturated heterocycles. The molecule has 0 fully saturated rings.